The Balaban J connectivity index is 1.39. The summed E-state index contributed by atoms with van der Waals surface area (Å²) in [5, 5.41) is 10.8. The second-order valence-corrected chi connectivity index (χ2v) is 8.48. The first-order chi connectivity index (χ1) is 15.9. The van der Waals surface area contributed by atoms with Crippen LogP contribution in [0.15, 0.2) is 18.2 Å². The average Bonchev–Trinajstić information content (AvgIpc) is 3.02. The summed E-state index contributed by atoms with van der Waals surface area (Å²) in [5.74, 6) is -2.34. The average molecular weight is 459 g/mol. The predicted molar refractivity (Wildman–Crippen MR) is 118 cm³/mol. The molecule has 0 aromatic heterocycles. The minimum absolute atomic E-state index is 0.0862. The number of carbonyl (C=O) groups excluding carboxylic acids is 4. The lowest BCUT2D eigenvalue weighted by Crippen LogP contribution is -2.54. The van der Waals surface area contributed by atoms with Crippen LogP contribution in [0.1, 0.15) is 91.3 Å². The van der Waals surface area contributed by atoms with Gasteiger partial charge in [-0.05, 0) is 37.5 Å². The first-order valence-electron chi connectivity index (χ1n) is 11.6. The molecule has 1 aromatic rings. The van der Waals surface area contributed by atoms with Gasteiger partial charge in [-0.2, -0.15) is 0 Å². The maximum Gasteiger partial charge on any atom is 0.303 e. The Morgan fingerprint density at radius 2 is 1.58 bits per heavy atom. The summed E-state index contributed by atoms with van der Waals surface area (Å²) in [5.41, 5.74) is 0.450. The minimum atomic E-state index is -0.975. The van der Waals surface area contributed by atoms with E-state index in [1.54, 1.807) is 18.2 Å². The van der Waals surface area contributed by atoms with Crippen molar-refractivity contribution in [3.8, 4) is 5.75 Å². The molecule has 0 aliphatic carbocycles. The highest BCUT2D eigenvalue weighted by molar-refractivity contribution is 6.23. The number of nitrogens with zero attached hydrogens (tertiary/aromatic N) is 1. The Morgan fingerprint density at radius 3 is 2.24 bits per heavy atom. The van der Waals surface area contributed by atoms with Gasteiger partial charge in [0.15, 0.2) is 0 Å². The number of piperidine rings is 1. The van der Waals surface area contributed by atoms with Crippen LogP contribution < -0.4 is 10.1 Å². The maximum absolute atomic E-state index is 12.8. The van der Waals surface area contributed by atoms with Crippen molar-refractivity contribution < 1.29 is 33.8 Å². The fourth-order valence-electron chi connectivity index (χ4n) is 4.17. The molecule has 0 bridgehead atoms. The van der Waals surface area contributed by atoms with Gasteiger partial charge in [-0.15, -0.1) is 0 Å². The summed E-state index contributed by atoms with van der Waals surface area (Å²) in [6.07, 6.45) is 8.39. The van der Waals surface area contributed by atoms with Crippen LogP contribution in [-0.4, -0.2) is 52.3 Å². The van der Waals surface area contributed by atoms with Gasteiger partial charge in [0.2, 0.25) is 11.8 Å². The zero-order valence-corrected chi connectivity index (χ0v) is 18.6. The Hall–Kier alpha value is -3.23. The molecule has 2 aliphatic rings. The molecule has 2 aliphatic heterocycles. The molecule has 9 heteroatoms. The van der Waals surface area contributed by atoms with Gasteiger partial charge in [0.25, 0.3) is 11.8 Å². The van der Waals surface area contributed by atoms with E-state index in [1.807, 2.05) is 0 Å². The van der Waals surface area contributed by atoms with Crippen LogP contribution in [0.3, 0.4) is 0 Å². The highest BCUT2D eigenvalue weighted by atomic mass is 16.5. The summed E-state index contributed by atoms with van der Waals surface area (Å²) in [7, 11) is 0. The maximum atomic E-state index is 12.8. The molecule has 3 rings (SSSR count). The first kappa shape index (κ1) is 24.4. The fraction of sp³-hybridized carbons (Fsp3) is 0.542. The molecule has 2 N–H and O–H groups in total. The zero-order chi connectivity index (χ0) is 23.8. The number of amides is 4. The molecule has 33 heavy (non-hydrogen) atoms. The van der Waals surface area contributed by atoms with Crippen molar-refractivity contribution in [3.63, 3.8) is 0 Å². The monoisotopic (exact) mass is 458 g/mol. The van der Waals surface area contributed by atoms with Gasteiger partial charge in [0.1, 0.15) is 11.8 Å². The highest BCUT2D eigenvalue weighted by Crippen LogP contribution is 2.30. The van der Waals surface area contributed by atoms with E-state index in [4.69, 9.17) is 9.84 Å². The number of unbranched alkanes of at least 4 members (excludes halogenated alkanes) is 7. The van der Waals surface area contributed by atoms with Gasteiger partial charge in [0, 0.05) is 12.8 Å². The lowest BCUT2D eigenvalue weighted by Gasteiger charge is -2.27. The van der Waals surface area contributed by atoms with Gasteiger partial charge in [-0.25, -0.2) is 0 Å². The van der Waals surface area contributed by atoms with Crippen LogP contribution in [0.5, 0.6) is 5.75 Å². The third kappa shape index (κ3) is 6.40. The quantitative estimate of drug-likeness (QED) is 0.343. The molecule has 0 spiro atoms. The number of hydrogen-bond donors (Lipinski definition) is 2. The van der Waals surface area contributed by atoms with E-state index >= 15 is 0 Å². The molecule has 1 unspecified atom stereocenters. The lowest BCUT2D eigenvalue weighted by molar-refractivity contribution is -0.138. The van der Waals surface area contributed by atoms with E-state index < -0.39 is 35.6 Å². The molecule has 1 atom stereocenters. The molecule has 0 saturated carbocycles. The van der Waals surface area contributed by atoms with Gasteiger partial charge < -0.3 is 9.84 Å². The molecular weight excluding hydrogens is 428 g/mol. The topological polar surface area (TPSA) is 130 Å². The number of aliphatic carboxylic acids is 1. The van der Waals surface area contributed by atoms with Crippen molar-refractivity contribution in [2.75, 3.05) is 6.61 Å². The van der Waals surface area contributed by atoms with Crippen LogP contribution in [0.25, 0.3) is 0 Å². The molecule has 9 nitrogen and oxygen atoms in total. The third-order valence-electron chi connectivity index (χ3n) is 5.96. The van der Waals surface area contributed by atoms with Crippen molar-refractivity contribution in [1.82, 2.24) is 10.2 Å². The molecule has 4 amide bonds. The molecule has 2 heterocycles. The lowest BCUT2D eigenvalue weighted by atomic mass is 10.0. The van der Waals surface area contributed by atoms with Crippen molar-refractivity contribution in [3.05, 3.63) is 29.3 Å². The van der Waals surface area contributed by atoms with Crippen LogP contribution in [0, 0.1) is 0 Å². The second kappa shape index (κ2) is 11.6. The largest absolute Gasteiger partial charge is 0.494 e. The second-order valence-electron chi connectivity index (χ2n) is 8.48. The smallest absolute Gasteiger partial charge is 0.303 e. The number of fused-ring (bicyclic) bond motifs is 1. The summed E-state index contributed by atoms with van der Waals surface area (Å²) in [6, 6.07) is 3.76. The SMILES string of the molecule is O=C(O)CCCCCCCCCCOc1ccc2c(c1)C(=O)N(C1CCC(=O)NC1=O)C2=O. The van der Waals surface area contributed by atoms with E-state index in [2.05, 4.69) is 5.32 Å². The highest BCUT2D eigenvalue weighted by Gasteiger charge is 2.44. The number of nitrogens with one attached hydrogen (secondary N) is 1. The van der Waals surface area contributed by atoms with Crippen molar-refractivity contribution in [2.45, 2.75) is 76.7 Å². The Bertz CT molecular complexity index is 927. The summed E-state index contributed by atoms with van der Waals surface area (Å²) in [6.45, 7) is 0.496. The molecule has 178 valence electrons. The van der Waals surface area contributed by atoms with Crippen molar-refractivity contribution in [1.29, 1.82) is 0 Å². The van der Waals surface area contributed by atoms with E-state index in [0.717, 1.165) is 56.3 Å². The molecule has 0 radical (unpaired) electrons. The summed E-state index contributed by atoms with van der Waals surface area (Å²) in [4.78, 5) is 60.4. The number of carboxylic acid groups (broad SMARTS) is 1. The molecule has 1 fully saturated rings. The van der Waals surface area contributed by atoms with E-state index in [1.165, 1.54) is 0 Å². The number of carbonyl (C=O) groups is 5. The number of benzene rings is 1. The van der Waals surface area contributed by atoms with Gasteiger partial charge in [0.05, 0.1) is 17.7 Å². The van der Waals surface area contributed by atoms with Crippen molar-refractivity contribution in [2.24, 2.45) is 0 Å². The molecular formula is C24H30N2O7. The number of carboxylic acids is 1. The van der Waals surface area contributed by atoms with Gasteiger partial charge >= 0.3 is 5.97 Å². The Labute approximate surface area is 192 Å². The van der Waals surface area contributed by atoms with Gasteiger partial charge in [-0.1, -0.05) is 38.5 Å². The van der Waals surface area contributed by atoms with Crippen molar-refractivity contribution >= 4 is 29.6 Å². The first-order valence-corrected chi connectivity index (χ1v) is 11.6. The minimum Gasteiger partial charge on any atom is -0.494 e. The summed E-state index contributed by atoms with van der Waals surface area (Å²) >= 11 is 0. The predicted octanol–water partition coefficient (Wildman–Crippen LogP) is 3.06. The Morgan fingerprint density at radius 1 is 0.939 bits per heavy atom. The van der Waals surface area contributed by atoms with Crippen LogP contribution in [0.2, 0.25) is 0 Å². The van der Waals surface area contributed by atoms with E-state index in [9.17, 15) is 24.0 Å². The standard InChI is InChI=1S/C24H30N2O7/c27-20-13-12-19(22(30)25-20)26-23(31)17-11-10-16(15-18(17)24(26)32)33-14-8-6-4-2-1-3-5-7-9-21(28)29/h10-11,15,19H,1-9,12-14H2,(H,28,29)(H,25,27,30). The normalized spacial score (nSPS) is 17.8. The van der Waals surface area contributed by atoms with E-state index in [0.29, 0.717) is 12.4 Å². The van der Waals surface area contributed by atoms with E-state index in [-0.39, 0.29) is 30.4 Å². The molecule has 1 aromatic carbocycles. The number of imide groups is 2. The number of rotatable bonds is 13. The molecule has 1 saturated heterocycles. The number of hydrogen-bond acceptors (Lipinski definition) is 6. The number of ether oxygens (including phenoxy) is 1. The van der Waals surface area contributed by atoms with Crippen LogP contribution in [-0.2, 0) is 14.4 Å². The van der Waals surface area contributed by atoms with Gasteiger partial charge in [-0.3, -0.25) is 34.2 Å². The van der Waals surface area contributed by atoms with Crippen LogP contribution >= 0.6 is 0 Å². The van der Waals surface area contributed by atoms with Crippen LogP contribution in [0.4, 0.5) is 0 Å². The third-order valence-corrected chi connectivity index (χ3v) is 5.96. The fourth-order valence-corrected chi connectivity index (χ4v) is 4.17. The zero-order valence-electron chi connectivity index (χ0n) is 18.6. The summed E-state index contributed by atoms with van der Waals surface area (Å²) < 4.78 is 5.75. The Kier molecular flexibility index (Phi) is 8.57.